The molecule has 1 aliphatic carbocycles. The van der Waals surface area contributed by atoms with Crippen LogP contribution in [0, 0.1) is 0 Å². The summed E-state index contributed by atoms with van der Waals surface area (Å²) < 4.78 is 11.7. The van der Waals surface area contributed by atoms with Gasteiger partial charge in [0.2, 0.25) is 0 Å². The second-order valence-corrected chi connectivity index (χ2v) is 5.17. The molecule has 1 saturated carbocycles. The van der Waals surface area contributed by atoms with Crippen LogP contribution in [0.5, 0.6) is 11.6 Å². The van der Waals surface area contributed by atoms with Crippen LogP contribution in [-0.4, -0.2) is 17.2 Å². The Morgan fingerprint density at radius 1 is 1.24 bits per heavy atom. The summed E-state index contributed by atoms with van der Waals surface area (Å²) in [6.07, 6.45) is 4.58. The molecular weight excluding hydrogens is 214 g/mol. The fraction of sp³-hybridized carbons (Fsp3) is 0.643. The number of ether oxygens (including phenoxy) is 2. The van der Waals surface area contributed by atoms with E-state index in [-0.39, 0.29) is 6.10 Å². The van der Waals surface area contributed by atoms with Gasteiger partial charge in [0.05, 0.1) is 12.2 Å². The lowest BCUT2D eigenvalue weighted by Gasteiger charge is -2.18. The fourth-order valence-electron chi connectivity index (χ4n) is 1.68. The maximum Gasteiger partial charge on any atom is 0.257 e. The Labute approximate surface area is 103 Å². The molecule has 1 heterocycles. The highest BCUT2D eigenvalue weighted by Crippen LogP contribution is 2.38. The zero-order valence-electron chi connectivity index (χ0n) is 11.1. The molecule has 0 spiro atoms. The fourth-order valence-corrected chi connectivity index (χ4v) is 1.68. The van der Waals surface area contributed by atoms with Gasteiger partial charge in [-0.3, -0.25) is 0 Å². The first-order valence-corrected chi connectivity index (χ1v) is 6.40. The largest absolute Gasteiger partial charge is 0.484 e. The number of pyridine rings is 1. The van der Waals surface area contributed by atoms with Gasteiger partial charge < -0.3 is 9.47 Å². The molecule has 1 aromatic rings. The molecule has 3 heteroatoms. The van der Waals surface area contributed by atoms with Gasteiger partial charge in [-0.25, -0.2) is 4.98 Å². The van der Waals surface area contributed by atoms with Crippen molar-refractivity contribution in [2.24, 2.45) is 0 Å². The van der Waals surface area contributed by atoms with Crippen molar-refractivity contribution in [1.29, 1.82) is 0 Å². The molecule has 0 saturated heterocycles. The highest BCUT2D eigenvalue weighted by Gasteiger charge is 2.27. The lowest BCUT2D eigenvalue weighted by Crippen LogP contribution is -2.11. The van der Waals surface area contributed by atoms with Gasteiger partial charge in [-0.1, -0.05) is 13.8 Å². The van der Waals surface area contributed by atoms with E-state index >= 15 is 0 Å². The van der Waals surface area contributed by atoms with Crippen molar-refractivity contribution in [3.05, 3.63) is 17.8 Å². The predicted molar refractivity (Wildman–Crippen MR) is 67.7 cm³/mol. The molecule has 1 fully saturated rings. The standard InChI is InChI=1S/C14H21NO2/c1-9(2)12-7-8-15-14(16-10(3)4)13(12)17-11-5-6-11/h7-11H,5-6H2,1-4H3. The minimum Gasteiger partial charge on any atom is -0.484 e. The van der Waals surface area contributed by atoms with Crippen LogP contribution < -0.4 is 9.47 Å². The Balaban J connectivity index is 2.31. The van der Waals surface area contributed by atoms with Gasteiger partial charge in [-0.2, -0.15) is 0 Å². The summed E-state index contributed by atoms with van der Waals surface area (Å²) >= 11 is 0. The van der Waals surface area contributed by atoms with Gasteiger partial charge in [-0.15, -0.1) is 0 Å². The van der Waals surface area contributed by atoms with Crippen LogP contribution in [-0.2, 0) is 0 Å². The SMILES string of the molecule is CC(C)Oc1nccc(C(C)C)c1OC1CC1. The first-order valence-electron chi connectivity index (χ1n) is 6.40. The van der Waals surface area contributed by atoms with E-state index in [0.29, 0.717) is 17.9 Å². The van der Waals surface area contributed by atoms with Crippen molar-refractivity contribution >= 4 is 0 Å². The average molecular weight is 235 g/mol. The molecule has 0 bridgehead atoms. The summed E-state index contributed by atoms with van der Waals surface area (Å²) in [7, 11) is 0. The molecule has 2 rings (SSSR count). The molecular formula is C14H21NO2. The van der Waals surface area contributed by atoms with Gasteiger partial charge in [0, 0.05) is 11.8 Å². The summed E-state index contributed by atoms with van der Waals surface area (Å²) in [4.78, 5) is 4.30. The summed E-state index contributed by atoms with van der Waals surface area (Å²) in [6.45, 7) is 8.33. The minimum absolute atomic E-state index is 0.117. The zero-order valence-corrected chi connectivity index (χ0v) is 11.1. The summed E-state index contributed by atoms with van der Waals surface area (Å²) in [6, 6.07) is 2.02. The number of aromatic nitrogens is 1. The van der Waals surface area contributed by atoms with Crippen molar-refractivity contribution in [3.8, 4) is 11.6 Å². The number of hydrogen-bond donors (Lipinski definition) is 0. The van der Waals surface area contributed by atoms with E-state index in [9.17, 15) is 0 Å². The second-order valence-electron chi connectivity index (χ2n) is 5.17. The Kier molecular flexibility index (Phi) is 3.55. The molecule has 94 valence electrons. The lowest BCUT2D eigenvalue weighted by atomic mass is 10.0. The van der Waals surface area contributed by atoms with Crippen molar-refractivity contribution in [1.82, 2.24) is 4.98 Å². The van der Waals surface area contributed by atoms with Crippen LogP contribution in [0.2, 0.25) is 0 Å². The molecule has 0 aromatic carbocycles. The van der Waals surface area contributed by atoms with E-state index in [1.54, 1.807) is 6.20 Å². The van der Waals surface area contributed by atoms with E-state index < -0.39 is 0 Å². The molecule has 0 amide bonds. The predicted octanol–water partition coefficient (Wildman–Crippen LogP) is 3.53. The molecule has 17 heavy (non-hydrogen) atoms. The van der Waals surface area contributed by atoms with E-state index in [0.717, 1.165) is 18.6 Å². The monoisotopic (exact) mass is 235 g/mol. The van der Waals surface area contributed by atoms with Crippen LogP contribution in [0.25, 0.3) is 0 Å². The third-order valence-corrected chi connectivity index (χ3v) is 2.68. The van der Waals surface area contributed by atoms with Crippen LogP contribution in [0.3, 0.4) is 0 Å². The normalized spacial score (nSPS) is 15.4. The first kappa shape index (κ1) is 12.2. The zero-order chi connectivity index (χ0) is 12.4. The van der Waals surface area contributed by atoms with E-state index in [1.165, 1.54) is 5.56 Å². The van der Waals surface area contributed by atoms with Gasteiger partial charge in [0.25, 0.3) is 5.88 Å². The van der Waals surface area contributed by atoms with Crippen molar-refractivity contribution < 1.29 is 9.47 Å². The van der Waals surface area contributed by atoms with Gasteiger partial charge in [0.15, 0.2) is 5.75 Å². The summed E-state index contributed by atoms with van der Waals surface area (Å²) in [5.41, 5.74) is 1.18. The Morgan fingerprint density at radius 3 is 2.47 bits per heavy atom. The van der Waals surface area contributed by atoms with Crippen molar-refractivity contribution in [2.75, 3.05) is 0 Å². The average Bonchev–Trinajstić information content (AvgIpc) is 3.03. The lowest BCUT2D eigenvalue weighted by molar-refractivity contribution is 0.207. The van der Waals surface area contributed by atoms with E-state index in [4.69, 9.17) is 9.47 Å². The number of hydrogen-bond acceptors (Lipinski definition) is 3. The summed E-state index contributed by atoms with van der Waals surface area (Å²) in [5.74, 6) is 1.90. The third-order valence-electron chi connectivity index (χ3n) is 2.68. The van der Waals surface area contributed by atoms with Crippen molar-refractivity contribution in [2.45, 2.75) is 58.7 Å². The van der Waals surface area contributed by atoms with Gasteiger partial charge in [-0.05, 0) is 38.7 Å². The van der Waals surface area contributed by atoms with Crippen LogP contribution >= 0.6 is 0 Å². The first-order chi connectivity index (χ1) is 8.08. The third kappa shape index (κ3) is 3.11. The smallest absolute Gasteiger partial charge is 0.257 e. The number of rotatable bonds is 5. The molecule has 0 aliphatic heterocycles. The minimum atomic E-state index is 0.117. The quantitative estimate of drug-likeness (QED) is 0.782. The topological polar surface area (TPSA) is 31.4 Å². The van der Waals surface area contributed by atoms with Gasteiger partial charge in [0.1, 0.15) is 0 Å². The van der Waals surface area contributed by atoms with Crippen LogP contribution in [0.4, 0.5) is 0 Å². The Bertz CT molecular complexity index is 384. The van der Waals surface area contributed by atoms with Crippen LogP contribution in [0.1, 0.15) is 52.0 Å². The van der Waals surface area contributed by atoms with E-state index in [1.807, 2.05) is 19.9 Å². The maximum atomic E-state index is 5.96. The Hall–Kier alpha value is -1.25. The van der Waals surface area contributed by atoms with E-state index in [2.05, 4.69) is 18.8 Å². The highest BCUT2D eigenvalue weighted by molar-refractivity contribution is 5.43. The second kappa shape index (κ2) is 4.94. The number of nitrogens with zero attached hydrogens (tertiary/aromatic N) is 1. The molecule has 0 radical (unpaired) electrons. The highest BCUT2D eigenvalue weighted by atomic mass is 16.5. The molecule has 1 aromatic heterocycles. The molecule has 0 atom stereocenters. The molecule has 3 nitrogen and oxygen atoms in total. The van der Waals surface area contributed by atoms with Crippen LogP contribution in [0.15, 0.2) is 12.3 Å². The summed E-state index contributed by atoms with van der Waals surface area (Å²) in [5, 5.41) is 0. The molecule has 0 unspecified atom stereocenters. The Morgan fingerprint density at radius 2 is 1.94 bits per heavy atom. The molecule has 0 N–H and O–H groups in total. The molecule has 1 aliphatic rings. The van der Waals surface area contributed by atoms with Gasteiger partial charge >= 0.3 is 0 Å². The van der Waals surface area contributed by atoms with Crippen molar-refractivity contribution in [3.63, 3.8) is 0 Å². The maximum absolute atomic E-state index is 5.96.